The summed E-state index contributed by atoms with van der Waals surface area (Å²) in [4.78, 5) is 28.9. The molecule has 1 saturated carbocycles. The van der Waals surface area contributed by atoms with Crippen molar-refractivity contribution in [2.75, 3.05) is 0 Å². The first-order chi connectivity index (χ1) is 10.0. The number of carbonyl (C=O) groups is 2. The van der Waals surface area contributed by atoms with E-state index in [9.17, 15) is 9.59 Å². The van der Waals surface area contributed by atoms with Crippen molar-refractivity contribution in [3.8, 4) is 0 Å². The first-order valence-electron chi connectivity index (χ1n) is 7.29. The van der Waals surface area contributed by atoms with Gasteiger partial charge in [0.2, 0.25) is 5.91 Å². The molecule has 1 heterocycles. The molecule has 1 atom stereocenters. The quantitative estimate of drug-likeness (QED) is 0.806. The van der Waals surface area contributed by atoms with E-state index in [1.165, 1.54) is 0 Å². The molecule has 1 unspecified atom stereocenters. The summed E-state index contributed by atoms with van der Waals surface area (Å²) in [6.45, 7) is 1.89. The molecule has 0 aromatic heterocycles. The van der Waals surface area contributed by atoms with E-state index >= 15 is 0 Å². The van der Waals surface area contributed by atoms with Crippen LogP contribution in [0.3, 0.4) is 0 Å². The minimum Gasteiger partial charge on any atom is -0.319 e. The Hall–Kier alpha value is -2.01. The molecule has 1 fully saturated rings. The third kappa shape index (κ3) is 2.38. The summed E-state index contributed by atoms with van der Waals surface area (Å²) >= 11 is 0. The molecule has 2 amide bonds. The molecule has 1 aromatic carbocycles. The monoisotopic (exact) mass is 285 g/mol. The number of carbonyl (C=O) groups excluding carboxylic acids is 2. The fourth-order valence-corrected chi connectivity index (χ4v) is 3.17. The van der Waals surface area contributed by atoms with Crippen molar-refractivity contribution in [1.29, 1.82) is 0 Å². The number of nitrogens with zero attached hydrogens (tertiary/aromatic N) is 1. The van der Waals surface area contributed by atoms with Crippen molar-refractivity contribution in [1.82, 2.24) is 5.32 Å². The van der Waals surface area contributed by atoms with Gasteiger partial charge in [0.1, 0.15) is 11.8 Å². The molecule has 0 radical (unpaired) electrons. The van der Waals surface area contributed by atoms with E-state index in [2.05, 4.69) is 10.3 Å². The molecule has 110 valence electrons. The fraction of sp³-hybridized carbons (Fsp3) is 0.438. The minimum atomic E-state index is -0.861. The summed E-state index contributed by atoms with van der Waals surface area (Å²) in [5, 5.41) is 2.77. The van der Waals surface area contributed by atoms with Crippen molar-refractivity contribution < 1.29 is 9.59 Å². The zero-order chi connectivity index (χ0) is 15.0. The van der Waals surface area contributed by atoms with Gasteiger partial charge in [-0.15, -0.1) is 0 Å². The lowest BCUT2D eigenvalue weighted by Gasteiger charge is -2.30. The highest BCUT2D eigenvalue weighted by Crippen LogP contribution is 2.31. The normalized spacial score (nSPS) is 24.7. The van der Waals surface area contributed by atoms with Gasteiger partial charge in [-0.25, -0.2) is 0 Å². The lowest BCUT2D eigenvalue weighted by Crippen LogP contribution is -2.57. The maximum absolute atomic E-state index is 12.4. The molecule has 1 aliphatic heterocycles. The van der Waals surface area contributed by atoms with Gasteiger partial charge in [-0.1, -0.05) is 37.1 Å². The van der Waals surface area contributed by atoms with E-state index in [1.807, 2.05) is 25.1 Å². The number of aliphatic imine (C=N–C) groups is 1. The van der Waals surface area contributed by atoms with Crippen molar-refractivity contribution in [3.63, 3.8) is 0 Å². The van der Waals surface area contributed by atoms with Crippen LogP contribution in [0.1, 0.15) is 42.7 Å². The Kier molecular flexibility index (Phi) is 3.37. The van der Waals surface area contributed by atoms with Crippen LogP contribution in [0.15, 0.2) is 29.3 Å². The number of hydrogen-bond acceptors (Lipinski definition) is 3. The molecule has 3 N–H and O–H groups in total. The number of rotatable bonds is 2. The summed E-state index contributed by atoms with van der Waals surface area (Å²) in [5.41, 5.74) is 7.24. The van der Waals surface area contributed by atoms with Gasteiger partial charge in [-0.2, -0.15) is 4.99 Å². The molecule has 2 aliphatic rings. The minimum absolute atomic E-state index is 0.323. The third-order valence-electron chi connectivity index (χ3n) is 4.44. The van der Waals surface area contributed by atoms with Gasteiger partial charge in [0, 0.05) is 0 Å². The van der Waals surface area contributed by atoms with Crippen molar-refractivity contribution in [2.45, 2.75) is 44.1 Å². The average Bonchev–Trinajstić information content (AvgIpc) is 2.88. The van der Waals surface area contributed by atoms with E-state index in [-0.39, 0.29) is 5.91 Å². The van der Waals surface area contributed by atoms with Gasteiger partial charge < -0.3 is 11.1 Å². The zero-order valence-electron chi connectivity index (χ0n) is 12.1. The topological polar surface area (TPSA) is 84.6 Å². The largest absolute Gasteiger partial charge is 0.319 e. The van der Waals surface area contributed by atoms with Crippen LogP contribution in [0, 0.1) is 6.92 Å². The molecule has 0 saturated heterocycles. The molecule has 5 heteroatoms. The summed E-state index contributed by atoms with van der Waals surface area (Å²) in [5.74, 6) is -1.25. The van der Waals surface area contributed by atoms with Gasteiger partial charge in [0.25, 0.3) is 5.91 Å². The van der Waals surface area contributed by atoms with Gasteiger partial charge in [0.05, 0.1) is 5.54 Å². The van der Waals surface area contributed by atoms with E-state index in [0.29, 0.717) is 11.4 Å². The molecular formula is C16H19N3O2. The second-order valence-corrected chi connectivity index (χ2v) is 5.94. The Morgan fingerprint density at radius 1 is 1.24 bits per heavy atom. The molecule has 0 bridgehead atoms. The van der Waals surface area contributed by atoms with E-state index < -0.39 is 17.4 Å². The number of nitrogens with two attached hydrogens (primary N) is 1. The average molecular weight is 285 g/mol. The molecular weight excluding hydrogens is 266 g/mol. The highest BCUT2D eigenvalue weighted by atomic mass is 16.2. The van der Waals surface area contributed by atoms with Crippen molar-refractivity contribution in [3.05, 3.63) is 35.4 Å². The number of amides is 2. The highest BCUT2D eigenvalue weighted by molar-refractivity contribution is 6.21. The zero-order valence-corrected chi connectivity index (χ0v) is 12.1. The summed E-state index contributed by atoms with van der Waals surface area (Å²) in [7, 11) is 0. The van der Waals surface area contributed by atoms with Gasteiger partial charge in [-0.05, 0) is 30.9 Å². The molecule has 5 nitrogen and oxygen atoms in total. The van der Waals surface area contributed by atoms with Crippen LogP contribution in [-0.4, -0.2) is 23.2 Å². The number of amidine groups is 1. The Morgan fingerprint density at radius 2 is 1.90 bits per heavy atom. The predicted octanol–water partition coefficient (Wildman–Crippen LogP) is 1.41. The van der Waals surface area contributed by atoms with Crippen LogP contribution in [0.2, 0.25) is 0 Å². The van der Waals surface area contributed by atoms with Gasteiger partial charge >= 0.3 is 0 Å². The number of hydrogen-bond donors (Lipinski definition) is 2. The molecule has 3 rings (SSSR count). The second-order valence-electron chi connectivity index (χ2n) is 5.94. The van der Waals surface area contributed by atoms with E-state index in [0.717, 1.165) is 31.2 Å². The maximum atomic E-state index is 12.4. The molecule has 1 aliphatic carbocycles. The third-order valence-corrected chi connectivity index (χ3v) is 4.44. The van der Waals surface area contributed by atoms with Crippen LogP contribution in [0.4, 0.5) is 0 Å². The Morgan fingerprint density at radius 3 is 2.52 bits per heavy atom. The number of aryl methyl sites for hydroxylation is 1. The van der Waals surface area contributed by atoms with Crippen LogP contribution < -0.4 is 11.1 Å². The second kappa shape index (κ2) is 5.07. The van der Waals surface area contributed by atoms with Crippen LogP contribution in [-0.2, 0) is 9.59 Å². The van der Waals surface area contributed by atoms with Crippen molar-refractivity contribution >= 4 is 17.6 Å². The van der Waals surface area contributed by atoms with E-state index in [4.69, 9.17) is 5.73 Å². The summed E-state index contributed by atoms with van der Waals surface area (Å²) in [6, 6.07) is 7.39. The predicted molar refractivity (Wildman–Crippen MR) is 79.9 cm³/mol. The Bertz CT molecular complexity index is 630. The fourth-order valence-electron chi connectivity index (χ4n) is 3.17. The standard InChI is InChI=1S/C16H19N3O2/c1-10-6-2-3-7-11(10)12-13(20)18-15(19-14(12)21)16(17)8-4-5-9-16/h2-3,6-7,12H,4-5,8-9,17H2,1H3,(H,18,19,20,21). The lowest BCUT2D eigenvalue weighted by molar-refractivity contribution is -0.130. The van der Waals surface area contributed by atoms with Crippen LogP contribution in [0.5, 0.6) is 0 Å². The van der Waals surface area contributed by atoms with Crippen LogP contribution >= 0.6 is 0 Å². The Labute approximate surface area is 123 Å². The molecule has 21 heavy (non-hydrogen) atoms. The summed E-state index contributed by atoms with van der Waals surface area (Å²) in [6.07, 6.45) is 3.52. The maximum Gasteiger partial charge on any atom is 0.264 e. The number of nitrogens with one attached hydrogen (secondary N) is 1. The lowest BCUT2D eigenvalue weighted by atomic mass is 9.90. The van der Waals surface area contributed by atoms with Crippen LogP contribution in [0.25, 0.3) is 0 Å². The highest BCUT2D eigenvalue weighted by Gasteiger charge is 2.42. The van der Waals surface area contributed by atoms with Crippen molar-refractivity contribution in [2.24, 2.45) is 10.7 Å². The number of benzene rings is 1. The SMILES string of the molecule is Cc1ccccc1C1C(=O)N=C(C2(N)CCCC2)NC1=O. The first kappa shape index (κ1) is 13.9. The Balaban J connectivity index is 1.95. The smallest absolute Gasteiger partial charge is 0.264 e. The van der Waals surface area contributed by atoms with Gasteiger partial charge in [0.15, 0.2) is 0 Å². The van der Waals surface area contributed by atoms with E-state index in [1.54, 1.807) is 6.07 Å². The first-order valence-corrected chi connectivity index (χ1v) is 7.29. The summed E-state index contributed by atoms with van der Waals surface area (Å²) < 4.78 is 0. The van der Waals surface area contributed by atoms with Gasteiger partial charge in [-0.3, -0.25) is 9.59 Å². The molecule has 1 aromatic rings. The molecule has 0 spiro atoms.